The molecule has 1 N–H and O–H groups in total. The first-order chi connectivity index (χ1) is 15.6. The summed E-state index contributed by atoms with van der Waals surface area (Å²) in [6.07, 6.45) is 0.366. The predicted octanol–water partition coefficient (Wildman–Crippen LogP) is 2.36. The molecular formula is C25H30N2O5Si. The normalized spacial score (nSPS) is 14.8. The molecule has 2 aromatic rings. The number of nitrogens with zero attached hydrogens (tertiary/aromatic N) is 1. The number of ether oxygens (including phenoxy) is 1. The lowest BCUT2D eigenvalue weighted by molar-refractivity contribution is -0.142. The summed E-state index contributed by atoms with van der Waals surface area (Å²) < 4.78 is 5.19. The number of ketones is 1. The van der Waals surface area contributed by atoms with Gasteiger partial charge in [-0.15, -0.1) is 0 Å². The Balaban J connectivity index is 1.78. The Labute approximate surface area is 195 Å². The van der Waals surface area contributed by atoms with E-state index in [1.165, 1.54) is 5.19 Å². The summed E-state index contributed by atoms with van der Waals surface area (Å²) in [6, 6.07) is 14.0. The van der Waals surface area contributed by atoms with Gasteiger partial charge in [0.15, 0.2) is 5.78 Å². The molecule has 1 aliphatic rings. The van der Waals surface area contributed by atoms with Gasteiger partial charge in [-0.1, -0.05) is 61.2 Å². The van der Waals surface area contributed by atoms with Crippen molar-refractivity contribution < 1.29 is 23.9 Å². The molecule has 1 saturated heterocycles. The number of hydrogen-bond donors (Lipinski definition) is 1. The van der Waals surface area contributed by atoms with Crippen LogP contribution in [0.2, 0.25) is 19.6 Å². The number of rotatable bonds is 9. The van der Waals surface area contributed by atoms with Gasteiger partial charge in [0.1, 0.15) is 18.3 Å². The highest BCUT2D eigenvalue weighted by Crippen LogP contribution is 2.21. The smallest absolute Gasteiger partial charge is 0.241 e. The average Bonchev–Trinajstić information content (AvgIpc) is 3.09. The van der Waals surface area contributed by atoms with Crippen molar-refractivity contribution in [1.29, 1.82) is 0 Å². The summed E-state index contributed by atoms with van der Waals surface area (Å²) in [5.41, 5.74) is 1.46. The van der Waals surface area contributed by atoms with E-state index in [0.717, 1.165) is 10.5 Å². The minimum absolute atomic E-state index is 0.111. The van der Waals surface area contributed by atoms with Crippen molar-refractivity contribution in [3.8, 4) is 5.75 Å². The van der Waals surface area contributed by atoms with Crippen molar-refractivity contribution in [3.05, 3.63) is 59.7 Å². The number of benzene rings is 2. The minimum atomic E-state index is -1.44. The molecule has 0 aliphatic carbocycles. The molecule has 2 aromatic carbocycles. The van der Waals surface area contributed by atoms with Crippen molar-refractivity contribution in [2.45, 2.75) is 44.9 Å². The lowest BCUT2D eigenvalue weighted by Gasteiger charge is -2.21. The van der Waals surface area contributed by atoms with Crippen molar-refractivity contribution in [1.82, 2.24) is 10.2 Å². The zero-order valence-corrected chi connectivity index (χ0v) is 20.5. The van der Waals surface area contributed by atoms with Gasteiger partial charge >= 0.3 is 0 Å². The molecule has 3 amide bonds. The average molecular weight is 467 g/mol. The van der Waals surface area contributed by atoms with Crippen LogP contribution in [0, 0.1) is 0 Å². The van der Waals surface area contributed by atoms with Crippen molar-refractivity contribution in [2.24, 2.45) is 0 Å². The zero-order chi connectivity index (χ0) is 24.2. The second-order valence-corrected chi connectivity index (χ2v) is 14.3. The van der Waals surface area contributed by atoms with E-state index in [9.17, 15) is 19.2 Å². The standard InChI is InChI=1S/C25H30N2O5Si/c1-32-19-9-7-18(8-10-19)25(26-22(29)16-27-23(30)13-14-24(27)31)21(28)15-17-5-11-20(12-6-17)33(2,3)4/h5-12,25H,13-16H2,1-4H3,(H,26,29). The first-order valence-corrected chi connectivity index (χ1v) is 14.5. The predicted molar refractivity (Wildman–Crippen MR) is 128 cm³/mol. The Bertz CT molecular complexity index is 1030. The molecule has 3 rings (SSSR count). The third kappa shape index (κ3) is 6.16. The topological polar surface area (TPSA) is 92.8 Å². The molecule has 1 heterocycles. The molecular weight excluding hydrogens is 436 g/mol. The highest BCUT2D eigenvalue weighted by molar-refractivity contribution is 6.88. The quantitative estimate of drug-likeness (QED) is 0.452. The highest BCUT2D eigenvalue weighted by atomic mass is 28.3. The fourth-order valence-electron chi connectivity index (χ4n) is 3.72. The van der Waals surface area contributed by atoms with Gasteiger partial charge in [0.2, 0.25) is 17.7 Å². The van der Waals surface area contributed by atoms with E-state index in [4.69, 9.17) is 4.74 Å². The van der Waals surface area contributed by atoms with Crippen LogP contribution >= 0.6 is 0 Å². The lowest BCUT2D eigenvalue weighted by Crippen LogP contribution is -2.43. The monoisotopic (exact) mass is 466 g/mol. The van der Waals surface area contributed by atoms with Crippen LogP contribution in [0.25, 0.3) is 0 Å². The summed E-state index contributed by atoms with van der Waals surface area (Å²) in [4.78, 5) is 50.6. The zero-order valence-electron chi connectivity index (χ0n) is 19.5. The Hall–Kier alpha value is -3.26. The number of carbonyl (C=O) groups excluding carboxylic acids is 4. The van der Waals surface area contributed by atoms with Crippen LogP contribution in [0.4, 0.5) is 0 Å². The van der Waals surface area contributed by atoms with Crippen LogP contribution in [-0.2, 0) is 25.6 Å². The molecule has 33 heavy (non-hydrogen) atoms. The number of Topliss-reactive ketones (excluding diaryl/α,β-unsaturated/α-hetero) is 1. The Morgan fingerprint density at radius 1 is 0.970 bits per heavy atom. The first-order valence-electron chi connectivity index (χ1n) is 11.0. The SMILES string of the molecule is COc1ccc(C(NC(=O)CN2C(=O)CCC2=O)C(=O)Cc2ccc([Si](C)(C)C)cc2)cc1. The number of likely N-dealkylation sites (tertiary alicyclic amines) is 1. The van der Waals surface area contributed by atoms with Crippen molar-refractivity contribution in [2.75, 3.05) is 13.7 Å². The van der Waals surface area contributed by atoms with E-state index >= 15 is 0 Å². The molecule has 0 saturated carbocycles. The maximum atomic E-state index is 13.3. The molecule has 1 aliphatic heterocycles. The van der Waals surface area contributed by atoms with Gasteiger partial charge in [-0.25, -0.2) is 0 Å². The summed E-state index contributed by atoms with van der Waals surface area (Å²) in [5, 5.41) is 4.03. The molecule has 1 fully saturated rings. The number of imide groups is 1. The second-order valence-electron chi connectivity index (χ2n) is 9.24. The Morgan fingerprint density at radius 2 is 1.55 bits per heavy atom. The third-order valence-corrected chi connectivity index (χ3v) is 7.80. The molecule has 1 atom stereocenters. The van der Waals surface area contributed by atoms with Crippen LogP contribution in [0.5, 0.6) is 5.75 Å². The maximum Gasteiger partial charge on any atom is 0.241 e. The van der Waals surface area contributed by atoms with Crippen molar-refractivity contribution in [3.63, 3.8) is 0 Å². The maximum absolute atomic E-state index is 13.3. The number of hydrogen-bond acceptors (Lipinski definition) is 5. The number of carbonyl (C=O) groups is 4. The highest BCUT2D eigenvalue weighted by Gasteiger charge is 2.32. The van der Waals surface area contributed by atoms with Crippen molar-refractivity contribution >= 4 is 36.8 Å². The van der Waals surface area contributed by atoms with Gasteiger partial charge in [0.25, 0.3) is 0 Å². The van der Waals surface area contributed by atoms with Crippen LogP contribution in [0.3, 0.4) is 0 Å². The van der Waals surface area contributed by atoms with Crippen LogP contribution in [0.15, 0.2) is 48.5 Å². The van der Waals surface area contributed by atoms with Crippen LogP contribution < -0.4 is 15.2 Å². The van der Waals surface area contributed by atoms with Crippen LogP contribution in [-0.4, -0.2) is 50.1 Å². The molecule has 1 unspecified atom stereocenters. The first kappa shape index (κ1) is 24.4. The molecule has 7 nitrogen and oxygen atoms in total. The Kier molecular flexibility index (Phi) is 7.48. The minimum Gasteiger partial charge on any atom is -0.497 e. The molecule has 174 valence electrons. The van der Waals surface area contributed by atoms with Gasteiger partial charge in [0.05, 0.1) is 15.2 Å². The summed E-state index contributed by atoms with van der Waals surface area (Å²) >= 11 is 0. The molecule has 8 heteroatoms. The fourth-order valence-corrected chi connectivity index (χ4v) is 4.89. The van der Waals surface area contributed by atoms with E-state index in [1.54, 1.807) is 31.4 Å². The summed E-state index contributed by atoms with van der Waals surface area (Å²) in [5.74, 6) is -0.850. The molecule has 0 bridgehead atoms. The largest absolute Gasteiger partial charge is 0.497 e. The second kappa shape index (κ2) is 10.1. The van der Waals surface area contributed by atoms with Gasteiger partial charge in [-0.3, -0.25) is 24.1 Å². The van der Waals surface area contributed by atoms with E-state index in [-0.39, 0.29) is 43.4 Å². The summed E-state index contributed by atoms with van der Waals surface area (Å²) in [7, 11) is 0.105. The van der Waals surface area contributed by atoms with Gasteiger partial charge in [-0.2, -0.15) is 0 Å². The summed E-state index contributed by atoms with van der Waals surface area (Å²) in [6.45, 7) is 6.40. The van der Waals surface area contributed by atoms with E-state index in [1.807, 2.05) is 12.1 Å². The Morgan fingerprint density at radius 3 is 2.06 bits per heavy atom. The number of methoxy groups -OCH3 is 1. The van der Waals surface area contributed by atoms with Gasteiger partial charge in [-0.05, 0) is 23.3 Å². The fraction of sp³-hybridized carbons (Fsp3) is 0.360. The van der Waals surface area contributed by atoms with Crippen LogP contribution in [0.1, 0.15) is 30.0 Å². The van der Waals surface area contributed by atoms with Gasteiger partial charge in [0, 0.05) is 19.3 Å². The van der Waals surface area contributed by atoms with Gasteiger partial charge < -0.3 is 10.1 Å². The van der Waals surface area contributed by atoms with E-state index in [2.05, 4.69) is 37.1 Å². The molecule has 0 radical (unpaired) electrons. The van der Waals surface area contributed by atoms with E-state index in [0.29, 0.717) is 11.3 Å². The van der Waals surface area contributed by atoms with E-state index < -0.39 is 20.0 Å². The number of nitrogens with one attached hydrogen (secondary N) is 1. The lowest BCUT2D eigenvalue weighted by atomic mass is 9.97. The molecule has 0 spiro atoms. The number of amides is 3. The third-order valence-electron chi connectivity index (χ3n) is 5.73. The molecule has 0 aromatic heterocycles.